The number of benzene rings is 1. The van der Waals surface area contributed by atoms with Gasteiger partial charge in [-0.15, -0.1) is 5.10 Å². The van der Waals surface area contributed by atoms with Crippen LogP contribution in [0.25, 0.3) is 17.0 Å². The van der Waals surface area contributed by atoms with E-state index in [9.17, 15) is 4.79 Å². The first kappa shape index (κ1) is 21.5. The second-order valence-corrected chi connectivity index (χ2v) is 9.62. The molecule has 32 heavy (non-hydrogen) atoms. The van der Waals surface area contributed by atoms with E-state index >= 15 is 0 Å². The van der Waals surface area contributed by atoms with Gasteiger partial charge >= 0.3 is 0 Å². The molecule has 1 aromatic carbocycles. The third-order valence-corrected chi connectivity index (χ3v) is 6.95. The lowest BCUT2D eigenvalue weighted by molar-refractivity contribution is -0.129. The summed E-state index contributed by atoms with van der Waals surface area (Å²) in [5.74, 6) is 1.61. The molecule has 1 aliphatic heterocycles. The van der Waals surface area contributed by atoms with Gasteiger partial charge in [0, 0.05) is 37.9 Å². The summed E-state index contributed by atoms with van der Waals surface area (Å²) in [5, 5.41) is 4.74. The second kappa shape index (κ2) is 9.24. The number of aromatic nitrogens is 4. The standard InChI is InChI=1S/C23H26Cl2N6O/c24-20(25)21(32)29-12-14-30(15-13-29)23-27-22-26-11-10-19(31(22)28-23)18-8-6-17(7-9-18)16-4-2-1-3-5-16/h6-11,16,20H,1-5,12-15H2. The van der Waals surface area contributed by atoms with Crippen molar-refractivity contribution < 1.29 is 4.79 Å². The molecule has 1 amide bonds. The maximum Gasteiger partial charge on any atom is 0.255 e. The van der Waals surface area contributed by atoms with Crippen LogP contribution in [0.2, 0.25) is 0 Å². The van der Waals surface area contributed by atoms with Gasteiger partial charge in [0.05, 0.1) is 5.69 Å². The number of halogens is 2. The van der Waals surface area contributed by atoms with E-state index in [-0.39, 0.29) is 5.91 Å². The Kier molecular flexibility index (Phi) is 6.20. The molecule has 0 spiro atoms. The summed E-state index contributed by atoms with van der Waals surface area (Å²) in [6.07, 6.45) is 8.39. The maximum absolute atomic E-state index is 12.0. The summed E-state index contributed by atoms with van der Waals surface area (Å²) >= 11 is 11.4. The van der Waals surface area contributed by atoms with Gasteiger partial charge in [-0.05, 0) is 30.4 Å². The summed E-state index contributed by atoms with van der Waals surface area (Å²) in [6, 6.07) is 10.8. The lowest BCUT2D eigenvalue weighted by Crippen LogP contribution is -2.50. The fourth-order valence-electron chi connectivity index (χ4n) is 4.76. The van der Waals surface area contributed by atoms with Crippen molar-refractivity contribution in [3.8, 4) is 11.3 Å². The fourth-order valence-corrected chi connectivity index (χ4v) is 5.04. The first-order valence-electron chi connectivity index (χ1n) is 11.2. The van der Waals surface area contributed by atoms with E-state index < -0.39 is 4.84 Å². The van der Waals surface area contributed by atoms with Crippen molar-refractivity contribution in [3.05, 3.63) is 42.1 Å². The molecule has 9 heteroatoms. The fraction of sp³-hybridized carbons (Fsp3) is 0.478. The molecule has 1 saturated heterocycles. The summed E-state index contributed by atoms with van der Waals surface area (Å²) in [7, 11) is 0. The third-order valence-electron chi connectivity index (χ3n) is 6.57. The highest BCUT2D eigenvalue weighted by molar-refractivity contribution is 6.53. The molecular formula is C23H26Cl2N6O. The van der Waals surface area contributed by atoms with E-state index in [1.807, 2.05) is 6.07 Å². The van der Waals surface area contributed by atoms with Gasteiger partial charge in [0.2, 0.25) is 5.95 Å². The molecule has 168 valence electrons. The molecule has 0 atom stereocenters. The Labute approximate surface area is 197 Å². The van der Waals surface area contributed by atoms with E-state index in [2.05, 4.69) is 39.1 Å². The Morgan fingerprint density at radius 3 is 2.38 bits per heavy atom. The topological polar surface area (TPSA) is 66.6 Å². The summed E-state index contributed by atoms with van der Waals surface area (Å²) < 4.78 is 1.80. The Bertz CT molecular complexity index is 1090. The molecule has 7 nitrogen and oxygen atoms in total. The molecule has 3 heterocycles. The van der Waals surface area contributed by atoms with Crippen molar-refractivity contribution in [1.29, 1.82) is 0 Å². The average molecular weight is 473 g/mol. The van der Waals surface area contributed by atoms with Crippen molar-refractivity contribution in [1.82, 2.24) is 24.5 Å². The second-order valence-electron chi connectivity index (χ2n) is 8.52. The zero-order chi connectivity index (χ0) is 22.1. The number of hydrogen-bond acceptors (Lipinski definition) is 5. The summed E-state index contributed by atoms with van der Waals surface area (Å²) in [6.45, 7) is 2.31. The largest absolute Gasteiger partial charge is 0.337 e. The van der Waals surface area contributed by atoms with Crippen LogP contribution in [0.5, 0.6) is 0 Å². The highest BCUT2D eigenvalue weighted by Crippen LogP contribution is 2.33. The van der Waals surface area contributed by atoms with Gasteiger partial charge < -0.3 is 9.80 Å². The molecule has 3 aromatic rings. The number of carbonyl (C=O) groups is 1. The minimum absolute atomic E-state index is 0.253. The first-order chi connectivity index (χ1) is 15.6. The van der Waals surface area contributed by atoms with Crippen molar-refractivity contribution in [2.45, 2.75) is 42.9 Å². The molecule has 5 rings (SSSR count). The molecule has 2 aliphatic rings. The average Bonchev–Trinajstić information content (AvgIpc) is 3.29. The SMILES string of the molecule is O=C(C(Cl)Cl)N1CCN(c2nc3nccc(-c4ccc(C5CCCCC5)cc4)n3n2)CC1. The smallest absolute Gasteiger partial charge is 0.255 e. The van der Waals surface area contributed by atoms with Gasteiger partial charge in [-0.25, -0.2) is 4.98 Å². The van der Waals surface area contributed by atoms with E-state index in [4.69, 9.17) is 28.3 Å². The number of rotatable bonds is 4. The molecule has 1 saturated carbocycles. The van der Waals surface area contributed by atoms with Crippen LogP contribution in [0.1, 0.15) is 43.6 Å². The van der Waals surface area contributed by atoms with Gasteiger partial charge in [0.15, 0.2) is 4.84 Å². The predicted molar refractivity (Wildman–Crippen MR) is 126 cm³/mol. The lowest BCUT2D eigenvalue weighted by atomic mass is 9.84. The number of carbonyl (C=O) groups excluding carboxylic acids is 1. The number of amides is 1. The third kappa shape index (κ3) is 4.28. The molecule has 0 unspecified atom stereocenters. The van der Waals surface area contributed by atoms with Gasteiger partial charge in [0.25, 0.3) is 11.7 Å². The Balaban J connectivity index is 1.35. The van der Waals surface area contributed by atoms with Crippen molar-refractivity contribution >= 4 is 40.8 Å². The number of fused-ring (bicyclic) bond motifs is 1. The Hall–Kier alpha value is -2.38. The molecule has 0 bridgehead atoms. The van der Waals surface area contributed by atoms with E-state index in [0.29, 0.717) is 43.8 Å². The quantitative estimate of drug-likeness (QED) is 0.529. The number of nitrogens with zero attached hydrogens (tertiary/aromatic N) is 6. The van der Waals surface area contributed by atoms with Crippen LogP contribution in [0.3, 0.4) is 0 Å². The van der Waals surface area contributed by atoms with Gasteiger partial charge in [-0.1, -0.05) is 66.7 Å². The van der Waals surface area contributed by atoms with E-state index in [0.717, 1.165) is 11.3 Å². The molecule has 0 radical (unpaired) electrons. The minimum atomic E-state index is -1.02. The van der Waals surface area contributed by atoms with E-state index in [1.165, 1.54) is 37.7 Å². The number of piperazine rings is 1. The number of alkyl halides is 2. The van der Waals surface area contributed by atoms with Gasteiger partial charge in [-0.2, -0.15) is 9.50 Å². The van der Waals surface area contributed by atoms with Crippen molar-refractivity contribution in [3.63, 3.8) is 0 Å². The van der Waals surface area contributed by atoms with Crippen LogP contribution in [0, 0.1) is 0 Å². The van der Waals surface area contributed by atoms with Crippen LogP contribution in [-0.4, -0.2) is 61.4 Å². The van der Waals surface area contributed by atoms with Gasteiger partial charge in [-0.3, -0.25) is 4.79 Å². The van der Waals surface area contributed by atoms with Crippen molar-refractivity contribution in [2.24, 2.45) is 0 Å². The molecule has 2 aromatic heterocycles. The highest BCUT2D eigenvalue weighted by Gasteiger charge is 2.27. The normalized spacial score (nSPS) is 18.0. The summed E-state index contributed by atoms with van der Waals surface area (Å²) in [5.41, 5.74) is 3.49. The van der Waals surface area contributed by atoms with E-state index in [1.54, 1.807) is 15.6 Å². The molecular weight excluding hydrogens is 447 g/mol. The predicted octanol–water partition coefficient (Wildman–Crippen LogP) is 4.29. The summed E-state index contributed by atoms with van der Waals surface area (Å²) in [4.78, 5) is 23.8. The zero-order valence-corrected chi connectivity index (χ0v) is 19.3. The molecule has 2 fully saturated rings. The number of hydrogen-bond donors (Lipinski definition) is 0. The zero-order valence-electron chi connectivity index (χ0n) is 17.8. The van der Waals surface area contributed by atoms with Crippen LogP contribution in [0.15, 0.2) is 36.5 Å². The van der Waals surface area contributed by atoms with Crippen LogP contribution in [-0.2, 0) is 4.79 Å². The van der Waals surface area contributed by atoms with Crippen LogP contribution in [0.4, 0.5) is 5.95 Å². The van der Waals surface area contributed by atoms with Crippen molar-refractivity contribution in [2.75, 3.05) is 31.1 Å². The Morgan fingerprint density at radius 1 is 0.969 bits per heavy atom. The van der Waals surface area contributed by atoms with Crippen LogP contribution >= 0.6 is 23.2 Å². The molecule has 0 N–H and O–H groups in total. The minimum Gasteiger partial charge on any atom is -0.337 e. The highest BCUT2D eigenvalue weighted by atomic mass is 35.5. The molecule has 1 aliphatic carbocycles. The van der Waals surface area contributed by atoms with Gasteiger partial charge in [0.1, 0.15) is 0 Å². The maximum atomic E-state index is 12.0. The first-order valence-corrected chi connectivity index (χ1v) is 12.1. The lowest BCUT2D eigenvalue weighted by Gasteiger charge is -2.34. The number of anilines is 1. The monoisotopic (exact) mass is 472 g/mol. The van der Waals surface area contributed by atoms with Crippen LogP contribution < -0.4 is 4.90 Å². The Morgan fingerprint density at radius 2 is 1.69 bits per heavy atom.